The lowest BCUT2D eigenvalue weighted by molar-refractivity contribution is -0.137. The predicted octanol–water partition coefficient (Wildman–Crippen LogP) is 5.53. The van der Waals surface area contributed by atoms with Gasteiger partial charge in [-0.25, -0.2) is 0 Å². The van der Waals surface area contributed by atoms with Crippen molar-refractivity contribution in [3.63, 3.8) is 0 Å². The first-order valence-corrected chi connectivity index (χ1v) is 9.96. The molecule has 1 N–H and O–H groups in total. The average molecular weight is 452 g/mol. The van der Waals surface area contributed by atoms with E-state index in [1.54, 1.807) is 55.6 Å². The Balaban J connectivity index is 1.81. The number of pyridine rings is 1. The Bertz CT molecular complexity index is 1390. The Morgan fingerprint density at radius 2 is 1.70 bits per heavy atom. The van der Waals surface area contributed by atoms with E-state index in [-0.39, 0.29) is 23.7 Å². The van der Waals surface area contributed by atoms with E-state index in [1.807, 2.05) is 0 Å². The average Bonchev–Trinajstić information content (AvgIpc) is 2.82. The zero-order valence-electron chi connectivity index (χ0n) is 17.5. The van der Waals surface area contributed by atoms with Crippen molar-refractivity contribution in [1.29, 1.82) is 0 Å². The molecule has 1 heterocycles. The van der Waals surface area contributed by atoms with E-state index in [0.29, 0.717) is 16.5 Å². The number of aromatic hydroxyl groups is 1. The molecule has 0 radical (unpaired) electrons. The van der Waals surface area contributed by atoms with Crippen LogP contribution in [-0.4, -0.2) is 23.0 Å². The number of fused-ring (bicyclic) bond motifs is 1. The van der Waals surface area contributed by atoms with Crippen LogP contribution in [0.5, 0.6) is 11.6 Å². The third kappa shape index (κ3) is 4.59. The molecule has 0 fully saturated rings. The van der Waals surface area contributed by atoms with Gasteiger partial charge in [0, 0.05) is 17.0 Å². The highest BCUT2D eigenvalue weighted by atomic mass is 19.4. The standard InChI is InChI=1S/C25H19F3N2O3/c1-33-19-11-9-16(10-12-19)15-30-23(31)21-8-3-2-7-20(21)22(24(30)32)14-29-18-6-4-5-17(13-18)25(26,27)28/h2-14,32H,15H2,1H3. The maximum Gasteiger partial charge on any atom is 0.416 e. The lowest BCUT2D eigenvalue weighted by Gasteiger charge is -2.14. The topological polar surface area (TPSA) is 63.8 Å². The Morgan fingerprint density at radius 3 is 2.36 bits per heavy atom. The van der Waals surface area contributed by atoms with Crippen LogP contribution in [0.15, 0.2) is 82.6 Å². The van der Waals surface area contributed by atoms with Crippen molar-refractivity contribution in [2.45, 2.75) is 12.7 Å². The van der Waals surface area contributed by atoms with Gasteiger partial charge < -0.3 is 9.84 Å². The summed E-state index contributed by atoms with van der Waals surface area (Å²) in [5.41, 5.74) is -0.160. The summed E-state index contributed by atoms with van der Waals surface area (Å²) in [5, 5.41) is 11.8. The maximum atomic E-state index is 13.1. The highest BCUT2D eigenvalue weighted by molar-refractivity contribution is 6.02. The lowest BCUT2D eigenvalue weighted by Crippen LogP contribution is -2.22. The number of hydrogen-bond acceptors (Lipinski definition) is 4. The van der Waals surface area contributed by atoms with Crippen LogP contribution in [0.25, 0.3) is 10.8 Å². The molecule has 0 saturated heterocycles. The Hall–Kier alpha value is -4.07. The molecule has 8 heteroatoms. The van der Waals surface area contributed by atoms with Crippen LogP contribution in [0.1, 0.15) is 16.7 Å². The number of ether oxygens (including phenoxy) is 1. The van der Waals surface area contributed by atoms with Gasteiger partial charge in [0.05, 0.1) is 30.5 Å². The monoisotopic (exact) mass is 452 g/mol. The van der Waals surface area contributed by atoms with Crippen LogP contribution in [0.3, 0.4) is 0 Å². The number of nitrogens with zero attached hydrogens (tertiary/aromatic N) is 2. The summed E-state index contributed by atoms with van der Waals surface area (Å²) in [6.45, 7) is 0.0872. The summed E-state index contributed by atoms with van der Waals surface area (Å²) in [6.07, 6.45) is -3.22. The molecular formula is C25H19F3N2O3. The molecule has 0 spiro atoms. The van der Waals surface area contributed by atoms with Gasteiger partial charge in [-0.1, -0.05) is 36.4 Å². The van der Waals surface area contributed by atoms with Crippen LogP contribution in [0.4, 0.5) is 18.9 Å². The number of rotatable bonds is 5. The normalized spacial score (nSPS) is 11.9. The molecule has 4 aromatic rings. The largest absolute Gasteiger partial charge is 0.497 e. The molecule has 0 aliphatic rings. The Morgan fingerprint density at radius 1 is 1.00 bits per heavy atom. The van der Waals surface area contributed by atoms with Crippen LogP contribution in [-0.2, 0) is 12.7 Å². The molecule has 0 bridgehead atoms. The first-order chi connectivity index (χ1) is 15.8. The van der Waals surface area contributed by atoms with Gasteiger partial charge in [0.1, 0.15) is 5.75 Å². The summed E-state index contributed by atoms with van der Waals surface area (Å²) < 4.78 is 45.4. The van der Waals surface area contributed by atoms with E-state index < -0.39 is 17.3 Å². The molecule has 0 saturated carbocycles. The number of benzene rings is 3. The second-order valence-electron chi connectivity index (χ2n) is 7.33. The van der Waals surface area contributed by atoms with Gasteiger partial charge in [0.15, 0.2) is 0 Å². The van der Waals surface area contributed by atoms with Gasteiger partial charge in [-0.15, -0.1) is 0 Å². The van der Waals surface area contributed by atoms with Crippen LogP contribution >= 0.6 is 0 Å². The second-order valence-corrected chi connectivity index (χ2v) is 7.33. The number of halogens is 3. The fourth-order valence-electron chi connectivity index (χ4n) is 3.50. The molecule has 0 aliphatic heterocycles. The molecule has 3 aromatic carbocycles. The van der Waals surface area contributed by atoms with E-state index in [9.17, 15) is 23.1 Å². The highest BCUT2D eigenvalue weighted by Gasteiger charge is 2.30. The van der Waals surface area contributed by atoms with Crippen LogP contribution in [0.2, 0.25) is 0 Å². The molecule has 0 aliphatic carbocycles. The van der Waals surface area contributed by atoms with Crippen molar-refractivity contribution >= 4 is 22.7 Å². The Labute approximate surface area is 187 Å². The third-order valence-electron chi connectivity index (χ3n) is 5.21. The van der Waals surface area contributed by atoms with Gasteiger partial charge in [0.2, 0.25) is 5.88 Å². The van der Waals surface area contributed by atoms with Gasteiger partial charge in [-0.3, -0.25) is 14.4 Å². The lowest BCUT2D eigenvalue weighted by atomic mass is 10.1. The first kappa shape index (κ1) is 22.1. The summed E-state index contributed by atoms with van der Waals surface area (Å²) in [6, 6.07) is 18.3. The first-order valence-electron chi connectivity index (χ1n) is 9.96. The number of alkyl halides is 3. The molecule has 168 valence electrons. The van der Waals surface area contributed by atoms with Crippen molar-refractivity contribution in [3.05, 3.63) is 99.8 Å². The van der Waals surface area contributed by atoms with Crippen molar-refractivity contribution in [2.75, 3.05) is 7.11 Å². The summed E-state index contributed by atoms with van der Waals surface area (Å²) in [4.78, 5) is 17.2. The zero-order chi connectivity index (χ0) is 23.6. The molecule has 4 rings (SSSR count). The van der Waals surface area contributed by atoms with Crippen LogP contribution < -0.4 is 10.3 Å². The van der Waals surface area contributed by atoms with Crippen molar-refractivity contribution < 1.29 is 23.0 Å². The van der Waals surface area contributed by atoms with E-state index in [4.69, 9.17) is 4.74 Å². The van der Waals surface area contributed by atoms with E-state index >= 15 is 0 Å². The predicted molar refractivity (Wildman–Crippen MR) is 121 cm³/mol. The smallest absolute Gasteiger partial charge is 0.416 e. The second kappa shape index (κ2) is 8.82. The Kier molecular flexibility index (Phi) is 5.91. The molecule has 0 unspecified atom stereocenters. The van der Waals surface area contributed by atoms with Gasteiger partial charge in [-0.05, 0) is 42.0 Å². The molecule has 0 atom stereocenters. The van der Waals surface area contributed by atoms with Crippen molar-refractivity contribution in [2.24, 2.45) is 4.99 Å². The number of aromatic nitrogens is 1. The fraction of sp³-hybridized carbons (Fsp3) is 0.120. The van der Waals surface area contributed by atoms with Gasteiger partial charge >= 0.3 is 6.18 Å². The van der Waals surface area contributed by atoms with Gasteiger partial charge in [-0.2, -0.15) is 13.2 Å². The van der Waals surface area contributed by atoms with Crippen molar-refractivity contribution in [3.8, 4) is 11.6 Å². The third-order valence-corrected chi connectivity index (χ3v) is 5.21. The summed E-state index contributed by atoms with van der Waals surface area (Å²) in [7, 11) is 1.55. The quantitative estimate of drug-likeness (QED) is 0.405. The summed E-state index contributed by atoms with van der Waals surface area (Å²) >= 11 is 0. The maximum absolute atomic E-state index is 13.1. The van der Waals surface area contributed by atoms with E-state index in [2.05, 4.69) is 4.99 Å². The van der Waals surface area contributed by atoms with E-state index in [1.165, 1.54) is 22.9 Å². The minimum absolute atomic E-state index is 0.0706. The van der Waals surface area contributed by atoms with Gasteiger partial charge in [0.25, 0.3) is 5.56 Å². The zero-order valence-corrected chi connectivity index (χ0v) is 17.5. The van der Waals surface area contributed by atoms with Crippen molar-refractivity contribution in [1.82, 2.24) is 4.57 Å². The number of aliphatic imine (C=N–C) groups is 1. The molecule has 5 nitrogen and oxygen atoms in total. The summed E-state index contributed by atoms with van der Waals surface area (Å²) in [5.74, 6) is 0.327. The van der Waals surface area contributed by atoms with Crippen LogP contribution in [0, 0.1) is 0 Å². The molecular weight excluding hydrogens is 433 g/mol. The SMILES string of the molecule is COc1ccc(Cn2c(O)c(C=Nc3cccc(C(F)(F)F)c3)c3ccccc3c2=O)cc1. The highest BCUT2D eigenvalue weighted by Crippen LogP contribution is 2.32. The van der Waals surface area contributed by atoms with E-state index in [0.717, 1.165) is 17.7 Å². The molecule has 1 aromatic heterocycles. The minimum Gasteiger partial charge on any atom is -0.497 e. The number of hydrogen-bond donors (Lipinski definition) is 1. The molecule has 33 heavy (non-hydrogen) atoms. The fourth-order valence-corrected chi connectivity index (χ4v) is 3.50. The number of methoxy groups -OCH3 is 1. The molecule has 0 amide bonds. The minimum atomic E-state index is -4.49.